The molecule has 1 heterocycles. The third-order valence-electron chi connectivity index (χ3n) is 6.66. The van der Waals surface area contributed by atoms with Gasteiger partial charge in [-0.1, -0.05) is 88.9 Å². The lowest BCUT2D eigenvalue weighted by atomic mass is 9.80. The van der Waals surface area contributed by atoms with E-state index in [4.69, 9.17) is 16.3 Å². The van der Waals surface area contributed by atoms with Crippen molar-refractivity contribution in [2.75, 3.05) is 6.61 Å². The third kappa shape index (κ3) is 7.79. The van der Waals surface area contributed by atoms with E-state index in [1.54, 1.807) is 12.4 Å². The van der Waals surface area contributed by atoms with Gasteiger partial charge in [-0.3, -0.25) is 0 Å². The number of nitrogens with zero attached hydrogens (tertiary/aromatic N) is 2. The first-order valence-corrected chi connectivity index (χ1v) is 12.8. The van der Waals surface area contributed by atoms with E-state index in [-0.39, 0.29) is 0 Å². The molecule has 0 amide bonds. The number of halogens is 1. The van der Waals surface area contributed by atoms with Gasteiger partial charge in [0.1, 0.15) is 0 Å². The number of rotatable bonds is 12. The SMILES string of the molecule is CCCCCc1ccc(-c2ncc(OC[C@H]3CC[C@H](CCCCC)CC3)cn2)cc1Cl. The van der Waals surface area contributed by atoms with E-state index in [1.165, 1.54) is 76.2 Å². The Labute approximate surface area is 194 Å². The van der Waals surface area contributed by atoms with Crippen molar-refractivity contribution in [3.63, 3.8) is 0 Å². The molecule has 3 nitrogen and oxygen atoms in total. The fraction of sp³-hybridized carbons (Fsp3) is 0.630. The molecule has 0 unspecified atom stereocenters. The first-order chi connectivity index (χ1) is 15.2. The van der Waals surface area contributed by atoms with Gasteiger partial charge in [-0.05, 0) is 49.1 Å². The average molecular weight is 443 g/mol. The van der Waals surface area contributed by atoms with Gasteiger partial charge in [-0.25, -0.2) is 9.97 Å². The van der Waals surface area contributed by atoms with Crippen molar-refractivity contribution in [1.82, 2.24) is 9.97 Å². The average Bonchev–Trinajstić information content (AvgIpc) is 2.80. The Hall–Kier alpha value is -1.61. The van der Waals surface area contributed by atoms with Crippen LogP contribution in [0.25, 0.3) is 11.4 Å². The fourth-order valence-electron chi connectivity index (χ4n) is 4.58. The number of benzene rings is 1. The minimum atomic E-state index is 0.668. The molecule has 1 fully saturated rings. The zero-order valence-corrected chi connectivity index (χ0v) is 20.2. The second kappa shape index (κ2) is 13.1. The topological polar surface area (TPSA) is 35.0 Å². The highest BCUT2D eigenvalue weighted by Gasteiger charge is 2.21. The van der Waals surface area contributed by atoms with Crippen LogP contribution in [0.5, 0.6) is 5.75 Å². The van der Waals surface area contributed by atoms with Crippen LogP contribution in [-0.4, -0.2) is 16.6 Å². The summed E-state index contributed by atoms with van der Waals surface area (Å²) in [5.41, 5.74) is 2.16. The first-order valence-electron chi connectivity index (χ1n) is 12.4. The summed E-state index contributed by atoms with van der Waals surface area (Å²) in [5.74, 6) is 3.06. The van der Waals surface area contributed by atoms with Crippen LogP contribution in [0, 0.1) is 11.8 Å². The Morgan fingerprint density at radius 2 is 1.58 bits per heavy atom. The Morgan fingerprint density at radius 1 is 0.903 bits per heavy atom. The van der Waals surface area contributed by atoms with Gasteiger partial charge >= 0.3 is 0 Å². The lowest BCUT2D eigenvalue weighted by Gasteiger charge is -2.28. The molecule has 0 aliphatic heterocycles. The molecule has 3 rings (SSSR count). The van der Waals surface area contributed by atoms with Gasteiger partial charge in [0, 0.05) is 10.6 Å². The Morgan fingerprint density at radius 3 is 2.26 bits per heavy atom. The summed E-state index contributed by atoms with van der Waals surface area (Å²) in [7, 11) is 0. The Bertz CT molecular complexity index is 769. The van der Waals surface area contributed by atoms with Gasteiger partial charge in [0.05, 0.1) is 19.0 Å². The summed E-state index contributed by atoms with van der Waals surface area (Å²) >= 11 is 6.49. The highest BCUT2D eigenvalue weighted by Crippen LogP contribution is 2.32. The Kier molecular flexibility index (Phi) is 10.1. The number of aryl methyl sites for hydroxylation is 1. The van der Waals surface area contributed by atoms with Gasteiger partial charge in [0.25, 0.3) is 0 Å². The number of ether oxygens (including phenoxy) is 1. The number of hydrogen-bond acceptors (Lipinski definition) is 3. The van der Waals surface area contributed by atoms with Crippen LogP contribution in [-0.2, 0) is 6.42 Å². The normalized spacial score (nSPS) is 18.8. The zero-order chi connectivity index (χ0) is 21.9. The molecule has 0 bridgehead atoms. The Balaban J connectivity index is 1.45. The van der Waals surface area contributed by atoms with E-state index >= 15 is 0 Å². The van der Waals surface area contributed by atoms with Gasteiger partial charge in [-0.2, -0.15) is 0 Å². The molecule has 2 aromatic rings. The maximum absolute atomic E-state index is 6.49. The van der Waals surface area contributed by atoms with E-state index in [0.717, 1.165) is 35.3 Å². The molecule has 0 atom stereocenters. The smallest absolute Gasteiger partial charge is 0.159 e. The van der Waals surface area contributed by atoms with Gasteiger partial charge in [0.15, 0.2) is 11.6 Å². The summed E-state index contributed by atoms with van der Waals surface area (Å²) in [6.07, 6.45) is 19.1. The predicted octanol–water partition coefficient (Wildman–Crippen LogP) is 8.30. The van der Waals surface area contributed by atoms with Crippen LogP contribution in [0.3, 0.4) is 0 Å². The second-order valence-electron chi connectivity index (χ2n) is 9.20. The van der Waals surface area contributed by atoms with Crippen molar-refractivity contribution in [3.8, 4) is 17.1 Å². The monoisotopic (exact) mass is 442 g/mol. The van der Waals surface area contributed by atoms with Crippen LogP contribution >= 0.6 is 11.6 Å². The summed E-state index contributed by atoms with van der Waals surface area (Å²) in [4.78, 5) is 9.04. The molecule has 31 heavy (non-hydrogen) atoms. The van der Waals surface area contributed by atoms with Crippen LogP contribution in [0.4, 0.5) is 0 Å². The van der Waals surface area contributed by atoms with E-state index in [2.05, 4.69) is 35.9 Å². The van der Waals surface area contributed by atoms with E-state index in [0.29, 0.717) is 11.7 Å². The quantitative estimate of drug-likeness (QED) is 0.310. The number of unbranched alkanes of at least 4 members (excludes halogenated alkanes) is 4. The maximum atomic E-state index is 6.49. The summed E-state index contributed by atoms with van der Waals surface area (Å²) in [6.45, 7) is 5.28. The molecule has 1 saturated carbocycles. The molecule has 0 saturated heterocycles. The number of aromatic nitrogens is 2. The zero-order valence-electron chi connectivity index (χ0n) is 19.4. The van der Waals surface area contributed by atoms with Crippen molar-refractivity contribution in [1.29, 1.82) is 0 Å². The fourth-order valence-corrected chi connectivity index (χ4v) is 4.85. The molecular weight excluding hydrogens is 404 g/mol. The second-order valence-corrected chi connectivity index (χ2v) is 9.61. The predicted molar refractivity (Wildman–Crippen MR) is 131 cm³/mol. The molecule has 170 valence electrons. The van der Waals surface area contributed by atoms with Crippen molar-refractivity contribution < 1.29 is 4.74 Å². The van der Waals surface area contributed by atoms with Gasteiger partial charge < -0.3 is 4.74 Å². The molecule has 0 radical (unpaired) electrons. The largest absolute Gasteiger partial charge is 0.490 e. The summed E-state index contributed by atoms with van der Waals surface area (Å²) < 4.78 is 6.02. The molecule has 1 aliphatic rings. The lowest BCUT2D eigenvalue weighted by molar-refractivity contribution is 0.177. The van der Waals surface area contributed by atoms with Crippen molar-refractivity contribution in [2.45, 2.75) is 90.9 Å². The molecule has 1 aromatic heterocycles. The maximum Gasteiger partial charge on any atom is 0.159 e. The van der Waals surface area contributed by atoms with Crippen molar-refractivity contribution >= 4 is 11.6 Å². The standard InChI is InChI=1S/C27H39ClN2O/c1-3-5-7-9-21-11-13-22(14-12-21)20-31-25-18-29-27(30-19-25)24-16-15-23(26(28)17-24)10-8-6-4-2/h15-19,21-22H,3-14,20H2,1-2H3/t21-,22-. The lowest BCUT2D eigenvalue weighted by Crippen LogP contribution is -2.20. The van der Waals surface area contributed by atoms with Crippen LogP contribution in [0.15, 0.2) is 30.6 Å². The molecule has 0 N–H and O–H groups in total. The molecule has 1 aromatic carbocycles. The van der Waals surface area contributed by atoms with Gasteiger partial charge in [0.2, 0.25) is 0 Å². The third-order valence-corrected chi connectivity index (χ3v) is 7.01. The van der Waals surface area contributed by atoms with Crippen LogP contribution in [0.2, 0.25) is 5.02 Å². The van der Waals surface area contributed by atoms with E-state index in [9.17, 15) is 0 Å². The molecule has 4 heteroatoms. The minimum Gasteiger partial charge on any atom is -0.490 e. The number of hydrogen-bond donors (Lipinski definition) is 0. The molecular formula is C27H39ClN2O. The molecule has 0 spiro atoms. The summed E-state index contributed by atoms with van der Waals surface area (Å²) in [6, 6.07) is 6.17. The minimum absolute atomic E-state index is 0.668. The first kappa shape index (κ1) is 24.0. The highest BCUT2D eigenvalue weighted by atomic mass is 35.5. The van der Waals surface area contributed by atoms with E-state index in [1.807, 2.05) is 6.07 Å². The van der Waals surface area contributed by atoms with Crippen molar-refractivity contribution in [3.05, 3.63) is 41.2 Å². The van der Waals surface area contributed by atoms with E-state index < -0.39 is 0 Å². The van der Waals surface area contributed by atoms with Crippen LogP contribution in [0.1, 0.15) is 90.0 Å². The molecule has 1 aliphatic carbocycles. The van der Waals surface area contributed by atoms with Crippen LogP contribution < -0.4 is 4.74 Å². The highest BCUT2D eigenvalue weighted by molar-refractivity contribution is 6.31. The summed E-state index contributed by atoms with van der Waals surface area (Å²) in [5, 5.41) is 0.808. The van der Waals surface area contributed by atoms with Gasteiger partial charge in [-0.15, -0.1) is 0 Å². The van der Waals surface area contributed by atoms with Crippen molar-refractivity contribution in [2.24, 2.45) is 11.8 Å².